The Labute approximate surface area is 82.0 Å². The monoisotopic (exact) mass is 182 g/mol. The van der Waals surface area contributed by atoms with E-state index >= 15 is 0 Å². The van der Waals surface area contributed by atoms with Crippen molar-refractivity contribution in [2.75, 3.05) is 6.54 Å². The second-order valence-corrected chi connectivity index (χ2v) is 5.97. The van der Waals surface area contributed by atoms with E-state index in [9.17, 15) is 0 Å². The minimum atomic E-state index is 0.212. The van der Waals surface area contributed by atoms with Crippen LogP contribution >= 0.6 is 0 Å². The van der Waals surface area contributed by atoms with E-state index in [4.69, 9.17) is 0 Å². The van der Waals surface area contributed by atoms with Gasteiger partial charge >= 0.3 is 0 Å². The van der Waals surface area contributed by atoms with E-state index in [-0.39, 0.29) is 11.0 Å². The fraction of sp³-hybridized carbons (Fsp3) is 0.909. The third-order valence-corrected chi connectivity index (χ3v) is 2.62. The van der Waals surface area contributed by atoms with Gasteiger partial charge in [-0.25, -0.2) is 0 Å². The van der Waals surface area contributed by atoms with Crippen molar-refractivity contribution in [3.8, 4) is 0 Å². The average molecular weight is 182 g/mol. The lowest BCUT2D eigenvalue weighted by molar-refractivity contribution is 0.213. The van der Waals surface area contributed by atoms with Gasteiger partial charge in [0.15, 0.2) is 0 Å². The maximum atomic E-state index is 4.56. The molecule has 1 heterocycles. The maximum absolute atomic E-state index is 4.56. The second kappa shape index (κ2) is 3.00. The van der Waals surface area contributed by atoms with Crippen LogP contribution in [0.1, 0.15) is 41.5 Å². The highest BCUT2D eigenvalue weighted by molar-refractivity contribution is 5.59. The third-order valence-electron chi connectivity index (χ3n) is 2.62. The molecule has 0 bridgehead atoms. The first-order valence-corrected chi connectivity index (χ1v) is 5.01. The number of hydrogen-bond acceptors (Lipinski definition) is 2. The molecule has 1 unspecified atom stereocenters. The molecule has 0 N–H and O–H groups in total. The van der Waals surface area contributed by atoms with Crippen molar-refractivity contribution >= 4 is 6.34 Å². The van der Waals surface area contributed by atoms with Gasteiger partial charge in [0.2, 0.25) is 0 Å². The van der Waals surface area contributed by atoms with Crippen LogP contribution in [0.5, 0.6) is 0 Å². The van der Waals surface area contributed by atoms with Crippen molar-refractivity contribution in [2.24, 2.45) is 10.4 Å². The molecular weight excluding hydrogens is 160 g/mol. The number of hydrogen-bond donors (Lipinski definition) is 0. The number of nitrogens with zero attached hydrogens (tertiary/aromatic N) is 2. The molecule has 0 aromatic rings. The highest BCUT2D eigenvalue weighted by Gasteiger charge is 2.32. The van der Waals surface area contributed by atoms with Gasteiger partial charge in [-0.1, -0.05) is 20.8 Å². The molecule has 0 radical (unpaired) electrons. The van der Waals surface area contributed by atoms with E-state index in [0.717, 1.165) is 6.54 Å². The van der Waals surface area contributed by atoms with Crippen molar-refractivity contribution in [1.29, 1.82) is 0 Å². The summed E-state index contributed by atoms with van der Waals surface area (Å²) in [6, 6.07) is 0.451. The van der Waals surface area contributed by atoms with Crippen LogP contribution in [0.15, 0.2) is 4.99 Å². The zero-order valence-corrected chi connectivity index (χ0v) is 9.76. The van der Waals surface area contributed by atoms with Gasteiger partial charge in [-0.2, -0.15) is 0 Å². The van der Waals surface area contributed by atoms with Gasteiger partial charge in [0.25, 0.3) is 0 Å². The van der Waals surface area contributed by atoms with Crippen LogP contribution in [-0.4, -0.2) is 29.4 Å². The Morgan fingerprint density at radius 1 is 1.15 bits per heavy atom. The molecule has 0 spiro atoms. The molecule has 0 aromatic heterocycles. The van der Waals surface area contributed by atoms with Crippen LogP contribution in [-0.2, 0) is 0 Å². The summed E-state index contributed by atoms with van der Waals surface area (Å²) in [6.45, 7) is 14.5. The van der Waals surface area contributed by atoms with Crippen molar-refractivity contribution in [3.05, 3.63) is 0 Å². The summed E-state index contributed by atoms with van der Waals surface area (Å²) in [5.41, 5.74) is 0.500. The largest absolute Gasteiger partial charge is 0.356 e. The zero-order chi connectivity index (χ0) is 10.3. The van der Waals surface area contributed by atoms with Crippen molar-refractivity contribution in [2.45, 2.75) is 53.1 Å². The lowest BCUT2D eigenvalue weighted by Crippen LogP contribution is -2.42. The molecule has 1 rings (SSSR count). The Hall–Kier alpha value is -0.530. The minimum absolute atomic E-state index is 0.212. The van der Waals surface area contributed by atoms with Gasteiger partial charge < -0.3 is 4.90 Å². The van der Waals surface area contributed by atoms with Gasteiger partial charge in [0, 0.05) is 12.1 Å². The fourth-order valence-electron chi connectivity index (χ4n) is 1.39. The maximum Gasteiger partial charge on any atom is 0.0859 e. The molecule has 0 aliphatic carbocycles. The fourth-order valence-corrected chi connectivity index (χ4v) is 1.39. The van der Waals surface area contributed by atoms with Crippen LogP contribution < -0.4 is 0 Å². The Morgan fingerprint density at radius 3 is 1.92 bits per heavy atom. The van der Waals surface area contributed by atoms with Crippen LogP contribution in [0.3, 0.4) is 0 Å². The molecule has 2 heteroatoms. The average Bonchev–Trinajstić information content (AvgIpc) is 2.28. The standard InChI is InChI=1S/C11H22N2/c1-10(2,3)9-7-13(8-12-9)11(4,5)6/h8-9H,7H2,1-6H3. The summed E-state index contributed by atoms with van der Waals surface area (Å²) in [5, 5.41) is 0. The number of aliphatic imine (C=N–C) groups is 1. The molecule has 0 saturated heterocycles. The minimum Gasteiger partial charge on any atom is -0.356 e. The normalized spacial score (nSPS) is 24.2. The molecule has 2 nitrogen and oxygen atoms in total. The number of rotatable bonds is 0. The quantitative estimate of drug-likeness (QED) is 0.562. The SMILES string of the molecule is CC(C)(C)C1CN(C(C)(C)C)C=N1. The van der Waals surface area contributed by atoms with Crippen molar-refractivity contribution in [3.63, 3.8) is 0 Å². The molecule has 0 fully saturated rings. The molecule has 1 aliphatic heterocycles. The lowest BCUT2D eigenvalue weighted by Gasteiger charge is -2.33. The molecule has 0 amide bonds. The Balaban J connectivity index is 2.63. The summed E-state index contributed by atoms with van der Waals surface area (Å²) in [6.07, 6.45) is 2.01. The van der Waals surface area contributed by atoms with E-state index in [1.807, 2.05) is 6.34 Å². The van der Waals surface area contributed by atoms with Gasteiger partial charge in [-0.05, 0) is 26.2 Å². The first kappa shape index (κ1) is 10.6. The van der Waals surface area contributed by atoms with E-state index in [1.165, 1.54) is 0 Å². The van der Waals surface area contributed by atoms with E-state index in [1.54, 1.807) is 0 Å². The van der Waals surface area contributed by atoms with Gasteiger partial charge in [-0.3, -0.25) is 4.99 Å². The molecule has 76 valence electrons. The highest BCUT2D eigenvalue weighted by atomic mass is 15.3. The highest BCUT2D eigenvalue weighted by Crippen LogP contribution is 2.28. The second-order valence-electron chi connectivity index (χ2n) is 5.97. The van der Waals surface area contributed by atoms with Gasteiger partial charge in [0.1, 0.15) is 0 Å². The van der Waals surface area contributed by atoms with Crippen LogP contribution in [0.4, 0.5) is 0 Å². The van der Waals surface area contributed by atoms with E-state index < -0.39 is 0 Å². The summed E-state index contributed by atoms with van der Waals surface area (Å²) in [4.78, 5) is 6.88. The third kappa shape index (κ3) is 2.45. The van der Waals surface area contributed by atoms with Crippen molar-refractivity contribution < 1.29 is 0 Å². The first-order valence-electron chi connectivity index (χ1n) is 5.01. The van der Waals surface area contributed by atoms with Crippen LogP contribution in [0.25, 0.3) is 0 Å². The predicted molar refractivity (Wildman–Crippen MR) is 58.2 cm³/mol. The summed E-state index contributed by atoms with van der Waals surface area (Å²) in [5.74, 6) is 0. The molecular formula is C11H22N2. The van der Waals surface area contributed by atoms with Crippen LogP contribution in [0, 0.1) is 5.41 Å². The van der Waals surface area contributed by atoms with Gasteiger partial charge in [-0.15, -0.1) is 0 Å². The van der Waals surface area contributed by atoms with Crippen molar-refractivity contribution in [1.82, 2.24) is 4.90 Å². The Bertz CT molecular complexity index is 183. The van der Waals surface area contributed by atoms with E-state index in [0.29, 0.717) is 6.04 Å². The Kier molecular flexibility index (Phi) is 2.44. The van der Waals surface area contributed by atoms with E-state index in [2.05, 4.69) is 51.4 Å². The zero-order valence-electron chi connectivity index (χ0n) is 9.76. The molecule has 0 aromatic carbocycles. The van der Waals surface area contributed by atoms with Crippen LogP contribution in [0.2, 0.25) is 0 Å². The van der Waals surface area contributed by atoms with Gasteiger partial charge in [0.05, 0.1) is 12.4 Å². The first-order chi connectivity index (χ1) is 5.71. The molecule has 0 saturated carbocycles. The molecule has 13 heavy (non-hydrogen) atoms. The lowest BCUT2D eigenvalue weighted by atomic mass is 9.87. The topological polar surface area (TPSA) is 15.6 Å². The smallest absolute Gasteiger partial charge is 0.0859 e. The summed E-state index contributed by atoms with van der Waals surface area (Å²) < 4.78 is 0. The molecule has 1 atom stereocenters. The Morgan fingerprint density at radius 2 is 1.69 bits per heavy atom. The summed E-state index contributed by atoms with van der Waals surface area (Å²) >= 11 is 0. The predicted octanol–water partition coefficient (Wildman–Crippen LogP) is 2.54. The molecule has 1 aliphatic rings. The summed E-state index contributed by atoms with van der Waals surface area (Å²) in [7, 11) is 0.